The predicted molar refractivity (Wildman–Crippen MR) is 90.0 cm³/mol. The average molecular weight is 353 g/mol. The van der Waals surface area contributed by atoms with E-state index in [1.54, 1.807) is 36.4 Å². The molecule has 0 radical (unpaired) electrons. The maximum absolute atomic E-state index is 11.7. The van der Waals surface area contributed by atoms with E-state index in [9.17, 15) is 9.59 Å². The van der Waals surface area contributed by atoms with Gasteiger partial charge in [-0.2, -0.15) is 0 Å². The summed E-state index contributed by atoms with van der Waals surface area (Å²) in [4.78, 5) is 23.4. The molecule has 0 aliphatic rings. The Morgan fingerprint density at radius 2 is 1.70 bits per heavy atom. The molecule has 0 saturated heterocycles. The first-order valence-electron chi connectivity index (χ1n) is 6.74. The highest BCUT2D eigenvalue weighted by atomic mass is 35.5. The molecule has 23 heavy (non-hydrogen) atoms. The van der Waals surface area contributed by atoms with Crippen molar-refractivity contribution in [3.63, 3.8) is 0 Å². The summed E-state index contributed by atoms with van der Waals surface area (Å²) in [6.45, 7) is -0.332. The van der Waals surface area contributed by atoms with Crippen LogP contribution in [0.2, 0.25) is 10.0 Å². The molecule has 0 atom stereocenters. The Labute approximate surface area is 143 Å². The van der Waals surface area contributed by atoms with Crippen LogP contribution in [-0.2, 0) is 9.59 Å². The molecule has 0 fully saturated rings. The van der Waals surface area contributed by atoms with Crippen LogP contribution in [0.4, 0.5) is 5.69 Å². The van der Waals surface area contributed by atoms with Gasteiger partial charge in [0.15, 0.2) is 6.61 Å². The highest BCUT2D eigenvalue weighted by Crippen LogP contribution is 2.24. The summed E-state index contributed by atoms with van der Waals surface area (Å²) in [5, 5.41) is 5.80. The Morgan fingerprint density at radius 1 is 0.957 bits per heavy atom. The minimum atomic E-state index is -0.391. The zero-order valence-corrected chi connectivity index (χ0v) is 13.5. The third-order valence-electron chi connectivity index (χ3n) is 2.76. The Bertz CT molecular complexity index is 693. The zero-order chi connectivity index (χ0) is 16.7. The number of nitrogens with one attached hydrogen (secondary N) is 2. The molecule has 0 spiro atoms. The molecule has 2 rings (SSSR count). The lowest BCUT2D eigenvalue weighted by molar-refractivity contribution is -0.125. The van der Waals surface area contributed by atoms with E-state index in [-0.39, 0.29) is 19.1 Å². The quantitative estimate of drug-likeness (QED) is 0.839. The molecule has 2 aromatic rings. The Balaban J connectivity index is 1.73. The van der Waals surface area contributed by atoms with Crippen LogP contribution in [0.5, 0.6) is 5.75 Å². The number of hydrogen-bond acceptors (Lipinski definition) is 3. The van der Waals surface area contributed by atoms with Crippen molar-refractivity contribution in [1.29, 1.82) is 0 Å². The molecular weight excluding hydrogens is 339 g/mol. The highest BCUT2D eigenvalue weighted by Gasteiger charge is 2.08. The van der Waals surface area contributed by atoms with Crippen molar-refractivity contribution in [2.45, 2.75) is 0 Å². The number of anilines is 1. The lowest BCUT2D eigenvalue weighted by Gasteiger charge is -2.08. The number of ether oxygens (including phenoxy) is 1. The number of amides is 2. The third-order valence-corrected chi connectivity index (χ3v) is 3.50. The molecule has 0 bridgehead atoms. The van der Waals surface area contributed by atoms with Gasteiger partial charge in [-0.25, -0.2) is 0 Å². The number of para-hydroxylation sites is 1. The minimum Gasteiger partial charge on any atom is -0.484 e. The second kappa shape index (κ2) is 8.41. The molecule has 2 aromatic carbocycles. The van der Waals surface area contributed by atoms with Crippen LogP contribution < -0.4 is 15.4 Å². The van der Waals surface area contributed by atoms with E-state index >= 15 is 0 Å². The van der Waals surface area contributed by atoms with E-state index in [4.69, 9.17) is 27.9 Å². The summed E-state index contributed by atoms with van der Waals surface area (Å²) in [5.41, 5.74) is 0.499. The molecular formula is C16H14Cl2N2O3. The number of carbonyl (C=O) groups excluding carboxylic acids is 2. The predicted octanol–water partition coefficient (Wildman–Crippen LogP) is 3.13. The topological polar surface area (TPSA) is 67.4 Å². The van der Waals surface area contributed by atoms with Gasteiger partial charge in [0.05, 0.1) is 16.6 Å². The van der Waals surface area contributed by atoms with Crippen LogP contribution in [0.1, 0.15) is 0 Å². The fraction of sp³-hybridized carbons (Fsp3) is 0.125. The molecule has 120 valence electrons. The molecule has 0 heterocycles. The lowest BCUT2D eigenvalue weighted by atomic mass is 10.3. The van der Waals surface area contributed by atoms with Crippen molar-refractivity contribution in [1.82, 2.24) is 5.32 Å². The Morgan fingerprint density at radius 3 is 2.39 bits per heavy atom. The van der Waals surface area contributed by atoms with Crippen LogP contribution in [-0.4, -0.2) is 25.0 Å². The molecule has 0 unspecified atom stereocenters. The van der Waals surface area contributed by atoms with Crippen molar-refractivity contribution in [3.8, 4) is 5.75 Å². The fourth-order valence-corrected chi connectivity index (χ4v) is 1.97. The summed E-state index contributed by atoms with van der Waals surface area (Å²) in [6.07, 6.45) is 0. The van der Waals surface area contributed by atoms with Gasteiger partial charge in [-0.15, -0.1) is 0 Å². The average Bonchev–Trinajstić information content (AvgIpc) is 2.55. The van der Waals surface area contributed by atoms with Gasteiger partial charge in [-0.1, -0.05) is 41.4 Å². The number of rotatable bonds is 6. The second-order valence-electron chi connectivity index (χ2n) is 4.56. The van der Waals surface area contributed by atoms with Crippen molar-refractivity contribution in [2.75, 3.05) is 18.5 Å². The fourth-order valence-electron chi connectivity index (χ4n) is 1.67. The van der Waals surface area contributed by atoms with Crippen LogP contribution >= 0.6 is 23.2 Å². The van der Waals surface area contributed by atoms with Gasteiger partial charge in [-0.3, -0.25) is 9.59 Å². The van der Waals surface area contributed by atoms with Gasteiger partial charge < -0.3 is 15.4 Å². The van der Waals surface area contributed by atoms with Crippen LogP contribution in [0, 0.1) is 0 Å². The van der Waals surface area contributed by atoms with Crippen molar-refractivity contribution < 1.29 is 14.3 Å². The largest absolute Gasteiger partial charge is 0.484 e. The van der Waals surface area contributed by atoms with Gasteiger partial charge >= 0.3 is 0 Å². The molecule has 7 heteroatoms. The standard InChI is InChI=1S/C16H14Cl2N2O3/c17-13-7-6-11(8-14(13)18)20-15(21)9-19-16(22)10-23-12-4-2-1-3-5-12/h1-8H,9-10H2,(H,19,22)(H,20,21). The first kappa shape index (κ1) is 17.1. The number of halogens is 2. The van der Waals surface area contributed by atoms with Crippen molar-refractivity contribution >= 4 is 40.7 Å². The highest BCUT2D eigenvalue weighted by molar-refractivity contribution is 6.42. The van der Waals surface area contributed by atoms with Gasteiger partial charge in [-0.05, 0) is 30.3 Å². The maximum atomic E-state index is 11.7. The number of benzene rings is 2. The zero-order valence-electron chi connectivity index (χ0n) is 12.0. The first-order chi connectivity index (χ1) is 11.0. The van der Waals surface area contributed by atoms with E-state index in [2.05, 4.69) is 10.6 Å². The second-order valence-corrected chi connectivity index (χ2v) is 5.37. The van der Waals surface area contributed by atoms with Crippen LogP contribution in [0.15, 0.2) is 48.5 Å². The van der Waals surface area contributed by atoms with E-state index in [1.807, 2.05) is 6.07 Å². The molecule has 2 N–H and O–H groups in total. The smallest absolute Gasteiger partial charge is 0.258 e. The summed E-state index contributed by atoms with van der Waals surface area (Å²) < 4.78 is 5.27. The first-order valence-corrected chi connectivity index (χ1v) is 7.49. The molecule has 5 nitrogen and oxygen atoms in total. The normalized spacial score (nSPS) is 10.0. The number of hydrogen-bond donors (Lipinski definition) is 2. The summed E-state index contributed by atoms with van der Waals surface area (Å²) in [6, 6.07) is 13.7. The number of carbonyl (C=O) groups is 2. The van der Waals surface area contributed by atoms with Gasteiger partial charge in [0, 0.05) is 5.69 Å². The van der Waals surface area contributed by atoms with E-state index < -0.39 is 5.91 Å². The molecule has 0 saturated carbocycles. The third kappa shape index (κ3) is 5.81. The summed E-state index contributed by atoms with van der Waals surface area (Å²) >= 11 is 11.6. The van der Waals surface area contributed by atoms with E-state index in [0.29, 0.717) is 21.5 Å². The molecule has 0 aromatic heterocycles. The SMILES string of the molecule is O=C(COc1ccccc1)NCC(=O)Nc1ccc(Cl)c(Cl)c1. The monoisotopic (exact) mass is 352 g/mol. The van der Waals surface area contributed by atoms with Gasteiger partial charge in [0.25, 0.3) is 5.91 Å². The van der Waals surface area contributed by atoms with Crippen molar-refractivity contribution in [3.05, 3.63) is 58.6 Å². The van der Waals surface area contributed by atoms with Crippen molar-refractivity contribution in [2.24, 2.45) is 0 Å². The minimum absolute atomic E-state index is 0.163. The Hall–Kier alpha value is -2.24. The summed E-state index contributed by atoms with van der Waals surface area (Å²) in [7, 11) is 0. The Kier molecular flexibility index (Phi) is 6.26. The molecule has 0 aliphatic heterocycles. The lowest BCUT2D eigenvalue weighted by Crippen LogP contribution is -2.35. The molecule has 0 aliphatic carbocycles. The van der Waals surface area contributed by atoms with Gasteiger partial charge in [0.1, 0.15) is 5.75 Å². The van der Waals surface area contributed by atoms with Crippen LogP contribution in [0.25, 0.3) is 0 Å². The van der Waals surface area contributed by atoms with Crippen LogP contribution in [0.3, 0.4) is 0 Å². The van der Waals surface area contributed by atoms with Gasteiger partial charge in [0.2, 0.25) is 5.91 Å². The van der Waals surface area contributed by atoms with E-state index in [1.165, 1.54) is 6.07 Å². The maximum Gasteiger partial charge on any atom is 0.258 e. The van der Waals surface area contributed by atoms with E-state index in [0.717, 1.165) is 0 Å². The molecule has 2 amide bonds. The summed E-state index contributed by atoms with van der Waals surface area (Å²) in [5.74, 6) is -0.183.